The maximum Gasteiger partial charge on any atom is 0.257 e. The Kier molecular flexibility index (Phi) is 5.71. The molecule has 0 fully saturated rings. The van der Waals surface area contributed by atoms with Crippen molar-refractivity contribution < 1.29 is 9.53 Å². The van der Waals surface area contributed by atoms with Gasteiger partial charge < -0.3 is 9.64 Å². The van der Waals surface area contributed by atoms with Crippen LogP contribution in [0.15, 0.2) is 54.6 Å². The van der Waals surface area contributed by atoms with Gasteiger partial charge in [-0.2, -0.15) is 0 Å². The van der Waals surface area contributed by atoms with Gasteiger partial charge in [0, 0.05) is 18.3 Å². The van der Waals surface area contributed by atoms with Gasteiger partial charge in [-0.05, 0) is 56.4 Å². The second-order valence-electron chi connectivity index (χ2n) is 5.35. The van der Waals surface area contributed by atoms with Crippen LogP contribution >= 0.6 is 12.2 Å². The van der Waals surface area contributed by atoms with Crippen molar-refractivity contribution in [1.29, 1.82) is 0 Å². The summed E-state index contributed by atoms with van der Waals surface area (Å²) in [5, 5.41) is 3.08. The van der Waals surface area contributed by atoms with Gasteiger partial charge in [0.1, 0.15) is 5.75 Å². The second kappa shape index (κ2) is 7.74. The first kappa shape index (κ1) is 17.0. The number of nitrogens with zero attached hydrogens (tertiary/aromatic N) is 1. The third kappa shape index (κ3) is 4.79. The summed E-state index contributed by atoms with van der Waals surface area (Å²) in [5.41, 5.74) is 1.42. The zero-order valence-electron chi connectivity index (χ0n) is 13.4. The van der Waals surface area contributed by atoms with Crippen molar-refractivity contribution in [2.75, 3.05) is 11.9 Å². The van der Waals surface area contributed by atoms with E-state index in [1.165, 1.54) is 0 Å². The molecule has 0 saturated heterocycles. The smallest absolute Gasteiger partial charge is 0.257 e. The van der Waals surface area contributed by atoms with E-state index in [1.54, 1.807) is 23.1 Å². The molecule has 0 spiro atoms. The lowest BCUT2D eigenvalue weighted by Crippen LogP contribution is -2.40. The lowest BCUT2D eigenvalue weighted by atomic mass is 10.2. The molecule has 2 aromatic carbocycles. The van der Waals surface area contributed by atoms with Crippen LogP contribution in [0.1, 0.15) is 24.2 Å². The predicted octanol–water partition coefficient (Wildman–Crippen LogP) is 3.62. The molecule has 1 N–H and O–H groups in total. The number of carbonyl (C=O) groups is 1. The summed E-state index contributed by atoms with van der Waals surface area (Å²) in [6.07, 6.45) is 0.0543. The number of carbonyl (C=O) groups excluding carboxylic acids is 1. The van der Waals surface area contributed by atoms with Gasteiger partial charge in [-0.3, -0.25) is 10.1 Å². The fourth-order valence-electron chi connectivity index (χ4n) is 2.00. The minimum absolute atomic E-state index is 0.0543. The molecule has 0 bridgehead atoms. The van der Waals surface area contributed by atoms with Crippen LogP contribution in [-0.4, -0.2) is 24.2 Å². The lowest BCUT2D eigenvalue weighted by Gasteiger charge is -2.20. The highest BCUT2D eigenvalue weighted by Gasteiger charge is 2.13. The predicted molar refractivity (Wildman–Crippen MR) is 97.1 cm³/mol. The van der Waals surface area contributed by atoms with Gasteiger partial charge in [0.05, 0.1) is 6.10 Å². The SMILES string of the molecule is CC(C)Oc1cccc(C(=O)NC(=S)N(C)c2ccccc2)c1. The van der Waals surface area contributed by atoms with Gasteiger partial charge in [0.25, 0.3) is 5.91 Å². The number of hydrogen-bond donors (Lipinski definition) is 1. The van der Waals surface area contributed by atoms with Crippen molar-refractivity contribution in [1.82, 2.24) is 5.32 Å². The van der Waals surface area contributed by atoms with Gasteiger partial charge in [0.15, 0.2) is 5.11 Å². The molecular weight excluding hydrogens is 308 g/mol. The van der Waals surface area contributed by atoms with Crippen molar-refractivity contribution in [2.45, 2.75) is 20.0 Å². The first-order valence-corrected chi connectivity index (χ1v) is 7.79. The van der Waals surface area contributed by atoms with Gasteiger partial charge >= 0.3 is 0 Å². The van der Waals surface area contributed by atoms with Crippen molar-refractivity contribution in [2.24, 2.45) is 0 Å². The summed E-state index contributed by atoms with van der Waals surface area (Å²) in [4.78, 5) is 14.1. The first-order valence-electron chi connectivity index (χ1n) is 7.38. The number of benzene rings is 2. The maximum absolute atomic E-state index is 12.3. The van der Waals surface area contributed by atoms with E-state index in [0.29, 0.717) is 16.4 Å². The third-order valence-corrected chi connectivity index (χ3v) is 3.51. The van der Waals surface area contributed by atoms with Gasteiger partial charge in [-0.15, -0.1) is 0 Å². The van der Waals surface area contributed by atoms with E-state index in [-0.39, 0.29) is 12.0 Å². The van der Waals surface area contributed by atoms with Crippen LogP contribution in [-0.2, 0) is 0 Å². The molecule has 0 aliphatic heterocycles. The Morgan fingerprint density at radius 2 is 1.83 bits per heavy atom. The quantitative estimate of drug-likeness (QED) is 0.870. The van der Waals surface area contributed by atoms with E-state index in [2.05, 4.69) is 5.32 Å². The molecular formula is C18H20N2O2S. The van der Waals surface area contributed by atoms with Crippen LogP contribution in [0, 0.1) is 0 Å². The minimum atomic E-state index is -0.257. The van der Waals surface area contributed by atoms with E-state index in [0.717, 1.165) is 5.69 Å². The zero-order chi connectivity index (χ0) is 16.8. The van der Waals surface area contributed by atoms with Crippen LogP contribution in [0.25, 0.3) is 0 Å². The number of thiocarbonyl (C=S) groups is 1. The van der Waals surface area contributed by atoms with Crippen LogP contribution < -0.4 is 15.0 Å². The number of hydrogen-bond acceptors (Lipinski definition) is 3. The molecule has 0 aromatic heterocycles. The van der Waals surface area contributed by atoms with Crippen LogP contribution in [0.3, 0.4) is 0 Å². The van der Waals surface area contributed by atoms with E-state index in [1.807, 2.05) is 57.3 Å². The number of para-hydroxylation sites is 1. The van der Waals surface area contributed by atoms with E-state index in [4.69, 9.17) is 17.0 Å². The van der Waals surface area contributed by atoms with E-state index in [9.17, 15) is 4.79 Å². The van der Waals surface area contributed by atoms with Gasteiger partial charge in [-0.1, -0.05) is 24.3 Å². The molecule has 0 unspecified atom stereocenters. The van der Waals surface area contributed by atoms with Gasteiger partial charge in [-0.25, -0.2) is 0 Å². The maximum atomic E-state index is 12.3. The molecule has 0 atom stereocenters. The summed E-state index contributed by atoms with van der Waals surface area (Å²) in [6.45, 7) is 3.88. The Morgan fingerprint density at radius 3 is 2.48 bits per heavy atom. The van der Waals surface area contributed by atoms with Crippen LogP contribution in [0.5, 0.6) is 5.75 Å². The molecule has 5 heteroatoms. The fourth-order valence-corrected chi connectivity index (χ4v) is 2.20. The monoisotopic (exact) mass is 328 g/mol. The average molecular weight is 328 g/mol. The minimum Gasteiger partial charge on any atom is -0.491 e. The molecule has 0 heterocycles. The van der Waals surface area contributed by atoms with Crippen molar-refractivity contribution in [3.63, 3.8) is 0 Å². The molecule has 0 aliphatic rings. The number of amides is 1. The number of nitrogens with one attached hydrogen (secondary N) is 1. The average Bonchev–Trinajstić information content (AvgIpc) is 2.54. The normalized spacial score (nSPS) is 10.3. The molecule has 0 aliphatic carbocycles. The molecule has 2 rings (SSSR count). The van der Waals surface area contributed by atoms with Crippen LogP contribution in [0.4, 0.5) is 5.69 Å². The zero-order valence-corrected chi connectivity index (χ0v) is 14.3. The van der Waals surface area contributed by atoms with Gasteiger partial charge in [0.2, 0.25) is 0 Å². The third-order valence-electron chi connectivity index (χ3n) is 3.14. The summed E-state index contributed by atoms with van der Waals surface area (Å²) >= 11 is 5.30. The molecule has 2 aromatic rings. The van der Waals surface area contributed by atoms with Crippen molar-refractivity contribution in [3.05, 3.63) is 60.2 Å². The Labute approximate surface area is 142 Å². The summed E-state index contributed by atoms with van der Waals surface area (Å²) in [5.74, 6) is 0.405. The summed E-state index contributed by atoms with van der Waals surface area (Å²) < 4.78 is 5.60. The molecule has 4 nitrogen and oxygen atoms in total. The van der Waals surface area contributed by atoms with Crippen molar-refractivity contribution >= 4 is 28.9 Å². The highest BCUT2D eigenvalue weighted by atomic mass is 32.1. The first-order chi connectivity index (χ1) is 11.0. The standard InChI is InChI=1S/C18H20N2O2S/c1-13(2)22-16-11-7-8-14(12-16)17(21)19-18(23)20(3)15-9-5-4-6-10-15/h4-13H,1-3H3,(H,19,21,23). The second-order valence-corrected chi connectivity index (χ2v) is 5.73. The molecule has 0 radical (unpaired) electrons. The highest BCUT2D eigenvalue weighted by molar-refractivity contribution is 7.80. The molecule has 120 valence electrons. The number of ether oxygens (including phenoxy) is 1. The number of rotatable bonds is 4. The largest absolute Gasteiger partial charge is 0.491 e. The van der Waals surface area contributed by atoms with Crippen LogP contribution in [0.2, 0.25) is 0 Å². The van der Waals surface area contributed by atoms with Crippen molar-refractivity contribution in [3.8, 4) is 5.75 Å². The molecule has 23 heavy (non-hydrogen) atoms. The molecule has 0 saturated carbocycles. The topological polar surface area (TPSA) is 41.6 Å². The molecule has 1 amide bonds. The van der Waals surface area contributed by atoms with E-state index >= 15 is 0 Å². The Balaban J connectivity index is 2.05. The Bertz CT molecular complexity index is 686. The lowest BCUT2D eigenvalue weighted by molar-refractivity contribution is 0.0976. The van der Waals surface area contributed by atoms with E-state index < -0.39 is 0 Å². The summed E-state index contributed by atoms with van der Waals surface area (Å²) in [7, 11) is 1.82. The Hall–Kier alpha value is -2.40. The Morgan fingerprint density at radius 1 is 1.13 bits per heavy atom. The summed E-state index contributed by atoms with van der Waals surface area (Å²) in [6, 6.07) is 16.7. The highest BCUT2D eigenvalue weighted by Crippen LogP contribution is 2.15. The number of anilines is 1. The fraction of sp³-hybridized carbons (Fsp3) is 0.222.